The van der Waals surface area contributed by atoms with Crippen LogP contribution in [0.4, 0.5) is 0 Å². The Morgan fingerprint density at radius 3 is 2.36 bits per heavy atom. The average molecular weight is 361 g/mol. The van der Waals surface area contributed by atoms with Crippen molar-refractivity contribution in [1.82, 2.24) is 4.98 Å². The monoisotopic (exact) mass is 361 g/mol. The number of nitrogens with one attached hydrogen (secondary N) is 1. The predicted octanol–water partition coefficient (Wildman–Crippen LogP) is 5.64. The lowest BCUT2D eigenvalue weighted by atomic mass is 10.0. The Bertz CT molecular complexity index is 1060. The second kappa shape index (κ2) is 6.47. The number of hydrogen-bond donors (Lipinski definition) is 3. The first-order valence-electron chi connectivity index (χ1n) is 7.87. The van der Waals surface area contributed by atoms with Gasteiger partial charge in [-0.3, -0.25) is 4.79 Å². The van der Waals surface area contributed by atoms with Crippen LogP contribution in [0.2, 0.25) is 0 Å². The van der Waals surface area contributed by atoms with E-state index in [2.05, 4.69) is 42.4 Å². The largest absolute Gasteiger partial charge is 0.354 e. The highest BCUT2D eigenvalue weighted by Crippen LogP contribution is 2.30. The van der Waals surface area contributed by atoms with Gasteiger partial charge in [0.1, 0.15) is 0 Å². The van der Waals surface area contributed by atoms with Crippen LogP contribution in [0.1, 0.15) is 15.9 Å². The molecule has 0 aliphatic heterocycles. The Morgan fingerprint density at radius 2 is 1.60 bits per heavy atom. The highest BCUT2D eigenvalue weighted by Gasteiger charge is 2.13. The minimum atomic E-state index is -0.0330. The molecule has 0 amide bonds. The van der Waals surface area contributed by atoms with Crippen molar-refractivity contribution in [2.75, 3.05) is 0 Å². The van der Waals surface area contributed by atoms with Gasteiger partial charge in [0.25, 0.3) is 0 Å². The van der Waals surface area contributed by atoms with Crippen LogP contribution in [0.15, 0.2) is 82.6 Å². The summed E-state index contributed by atoms with van der Waals surface area (Å²) in [6.07, 6.45) is 0. The van der Waals surface area contributed by atoms with Crippen LogP contribution in [0.5, 0.6) is 0 Å². The molecule has 0 radical (unpaired) electrons. The van der Waals surface area contributed by atoms with Crippen LogP contribution in [0.3, 0.4) is 0 Å². The van der Waals surface area contributed by atoms with Crippen molar-refractivity contribution in [2.45, 2.75) is 9.79 Å². The van der Waals surface area contributed by atoms with Gasteiger partial charge >= 0.3 is 0 Å². The number of fused-ring (bicyclic) bond motifs is 1. The van der Waals surface area contributed by atoms with Gasteiger partial charge in [0.15, 0.2) is 5.78 Å². The van der Waals surface area contributed by atoms with Gasteiger partial charge in [-0.15, -0.1) is 25.3 Å². The number of aromatic amines is 1. The molecule has 0 bridgehead atoms. The van der Waals surface area contributed by atoms with Gasteiger partial charge in [0.2, 0.25) is 0 Å². The SMILES string of the molecule is O=C(c1cccc(S)c1)c1ccc(-c2cc3ccccc3[nH]2)c(S)c1. The first-order chi connectivity index (χ1) is 12.1. The van der Waals surface area contributed by atoms with Crippen LogP contribution in [-0.2, 0) is 0 Å². The lowest BCUT2D eigenvalue weighted by Crippen LogP contribution is -2.01. The summed E-state index contributed by atoms with van der Waals surface area (Å²) >= 11 is 8.90. The minimum Gasteiger partial charge on any atom is -0.354 e. The lowest BCUT2D eigenvalue weighted by Gasteiger charge is -2.07. The summed E-state index contributed by atoms with van der Waals surface area (Å²) in [5.41, 5.74) is 4.28. The van der Waals surface area contributed by atoms with Gasteiger partial charge in [-0.1, -0.05) is 42.5 Å². The van der Waals surface area contributed by atoms with Crippen LogP contribution in [0.25, 0.3) is 22.2 Å². The van der Waals surface area contributed by atoms with Crippen LogP contribution < -0.4 is 0 Å². The van der Waals surface area contributed by atoms with Crippen molar-refractivity contribution >= 4 is 41.9 Å². The number of H-pyrrole nitrogens is 1. The first kappa shape index (κ1) is 16.1. The van der Waals surface area contributed by atoms with Crippen LogP contribution in [-0.4, -0.2) is 10.8 Å². The standard InChI is InChI=1S/C21H15NOS2/c23-21(14-5-3-6-16(24)10-14)15-8-9-17(20(25)12-15)19-11-13-4-1-2-7-18(13)22-19/h1-12,22,24-25H. The summed E-state index contributed by atoms with van der Waals surface area (Å²) in [6.45, 7) is 0. The fourth-order valence-electron chi connectivity index (χ4n) is 2.93. The zero-order chi connectivity index (χ0) is 17.4. The maximum Gasteiger partial charge on any atom is 0.193 e. The van der Waals surface area contributed by atoms with Gasteiger partial charge in [0, 0.05) is 43.1 Å². The lowest BCUT2D eigenvalue weighted by molar-refractivity contribution is 0.103. The van der Waals surface area contributed by atoms with Crippen molar-refractivity contribution in [3.63, 3.8) is 0 Å². The van der Waals surface area contributed by atoms with E-state index in [1.165, 1.54) is 0 Å². The fraction of sp³-hybridized carbons (Fsp3) is 0. The average Bonchev–Trinajstić information content (AvgIpc) is 3.04. The highest BCUT2D eigenvalue weighted by molar-refractivity contribution is 7.80. The van der Waals surface area contributed by atoms with Crippen molar-refractivity contribution < 1.29 is 4.79 Å². The quantitative estimate of drug-likeness (QED) is 0.320. The molecule has 2 nitrogen and oxygen atoms in total. The molecule has 4 rings (SSSR count). The topological polar surface area (TPSA) is 32.9 Å². The number of para-hydroxylation sites is 1. The molecule has 0 unspecified atom stereocenters. The first-order valence-corrected chi connectivity index (χ1v) is 8.76. The molecule has 1 N–H and O–H groups in total. The van der Waals surface area contributed by atoms with E-state index in [-0.39, 0.29) is 5.78 Å². The molecule has 0 atom stereocenters. The Balaban J connectivity index is 1.72. The molecule has 3 aromatic carbocycles. The molecule has 1 aromatic heterocycles. The molecule has 0 saturated carbocycles. The maximum absolute atomic E-state index is 12.7. The molecule has 0 saturated heterocycles. The molecule has 0 fully saturated rings. The highest BCUT2D eigenvalue weighted by atomic mass is 32.1. The third-order valence-electron chi connectivity index (χ3n) is 4.19. The molecule has 4 heteroatoms. The maximum atomic E-state index is 12.7. The molecular weight excluding hydrogens is 346 g/mol. The number of carbonyl (C=O) groups excluding carboxylic acids is 1. The zero-order valence-corrected chi connectivity index (χ0v) is 15.0. The number of aromatic nitrogens is 1. The van der Waals surface area contributed by atoms with E-state index in [1.54, 1.807) is 12.1 Å². The fourth-order valence-corrected chi connectivity index (χ4v) is 3.49. The Hall–Kier alpha value is -2.43. The van der Waals surface area contributed by atoms with Gasteiger partial charge < -0.3 is 4.98 Å². The van der Waals surface area contributed by atoms with Crippen LogP contribution >= 0.6 is 25.3 Å². The van der Waals surface area contributed by atoms with E-state index < -0.39 is 0 Å². The van der Waals surface area contributed by atoms with Gasteiger partial charge in [-0.2, -0.15) is 0 Å². The number of rotatable bonds is 3. The van der Waals surface area contributed by atoms with Crippen molar-refractivity contribution in [1.29, 1.82) is 0 Å². The van der Waals surface area contributed by atoms with E-state index in [0.29, 0.717) is 11.1 Å². The Morgan fingerprint density at radius 1 is 0.800 bits per heavy atom. The van der Waals surface area contributed by atoms with E-state index in [9.17, 15) is 4.79 Å². The third kappa shape index (κ3) is 3.11. The van der Waals surface area contributed by atoms with E-state index in [4.69, 9.17) is 0 Å². The number of benzene rings is 3. The summed E-state index contributed by atoms with van der Waals surface area (Å²) in [5, 5.41) is 1.15. The smallest absolute Gasteiger partial charge is 0.193 e. The van der Waals surface area contributed by atoms with E-state index in [1.807, 2.05) is 48.5 Å². The molecule has 0 aliphatic rings. The van der Waals surface area contributed by atoms with Gasteiger partial charge in [-0.25, -0.2) is 0 Å². The van der Waals surface area contributed by atoms with Crippen molar-refractivity contribution in [3.8, 4) is 11.3 Å². The van der Waals surface area contributed by atoms with Gasteiger partial charge in [0.05, 0.1) is 0 Å². The number of ketones is 1. The molecule has 4 aromatic rings. The molecule has 0 aliphatic carbocycles. The summed E-state index contributed by atoms with van der Waals surface area (Å²) in [6, 6.07) is 23.1. The van der Waals surface area contributed by atoms with Crippen LogP contribution in [0, 0.1) is 0 Å². The Kier molecular flexibility index (Phi) is 4.15. The summed E-state index contributed by atoms with van der Waals surface area (Å²) in [4.78, 5) is 17.6. The molecule has 25 heavy (non-hydrogen) atoms. The van der Waals surface area contributed by atoms with E-state index >= 15 is 0 Å². The number of carbonyl (C=O) groups is 1. The second-order valence-electron chi connectivity index (χ2n) is 5.88. The van der Waals surface area contributed by atoms with Crippen molar-refractivity contribution in [2.24, 2.45) is 0 Å². The summed E-state index contributed by atoms with van der Waals surface area (Å²) in [5.74, 6) is -0.0330. The molecule has 0 spiro atoms. The molecule has 1 heterocycles. The third-order valence-corrected chi connectivity index (χ3v) is 4.84. The second-order valence-corrected chi connectivity index (χ2v) is 6.88. The predicted molar refractivity (Wildman–Crippen MR) is 108 cm³/mol. The summed E-state index contributed by atoms with van der Waals surface area (Å²) < 4.78 is 0. The number of hydrogen-bond acceptors (Lipinski definition) is 3. The Labute approximate surface area is 156 Å². The number of thiol groups is 2. The molecule has 122 valence electrons. The van der Waals surface area contributed by atoms with Crippen molar-refractivity contribution in [3.05, 3.63) is 83.9 Å². The van der Waals surface area contributed by atoms with E-state index in [0.717, 1.165) is 32.0 Å². The normalized spacial score (nSPS) is 11.0. The summed E-state index contributed by atoms with van der Waals surface area (Å²) in [7, 11) is 0. The zero-order valence-electron chi connectivity index (χ0n) is 13.2. The minimum absolute atomic E-state index is 0.0330. The molecular formula is C21H15NOS2. The van der Waals surface area contributed by atoms with Gasteiger partial charge in [-0.05, 0) is 30.3 Å².